The number of carbonyl (C=O) groups excluding carboxylic acids is 2. The van der Waals surface area contributed by atoms with Crippen molar-refractivity contribution in [3.8, 4) is 0 Å². The van der Waals surface area contributed by atoms with Crippen LogP contribution < -0.4 is 0 Å². The Morgan fingerprint density at radius 2 is 1.27 bits per heavy atom. The van der Waals surface area contributed by atoms with Crippen LogP contribution in [0.3, 0.4) is 0 Å². The lowest BCUT2D eigenvalue weighted by molar-refractivity contribution is -0.163. The Hall–Kier alpha value is -2.19. The van der Waals surface area contributed by atoms with Crippen LogP contribution in [-0.4, -0.2) is 18.5 Å². The molecule has 0 N–H and O–H groups in total. The monoisotopic (exact) mass is 436 g/mol. The van der Waals surface area contributed by atoms with Crippen LogP contribution in [0.15, 0.2) is 0 Å². The third-order valence-corrected chi connectivity index (χ3v) is 5.27. The van der Waals surface area contributed by atoms with Gasteiger partial charge in [0.2, 0.25) is 5.82 Å². The van der Waals surface area contributed by atoms with E-state index in [2.05, 4.69) is 6.92 Å². The van der Waals surface area contributed by atoms with E-state index in [4.69, 9.17) is 9.47 Å². The van der Waals surface area contributed by atoms with Gasteiger partial charge in [-0.2, -0.15) is 0 Å². The summed E-state index contributed by atoms with van der Waals surface area (Å²) in [4.78, 5) is 24.8. The third kappa shape index (κ3) is 5.70. The van der Waals surface area contributed by atoms with Gasteiger partial charge >= 0.3 is 11.9 Å². The molecule has 168 valence electrons. The highest BCUT2D eigenvalue weighted by Crippen LogP contribution is 2.33. The second kappa shape index (κ2) is 11.3. The number of hydrogen-bond donors (Lipinski definition) is 0. The number of unbranched alkanes of at least 4 members (excludes halogenated alkanes) is 3. The molecule has 0 aromatic heterocycles. The lowest BCUT2D eigenvalue weighted by atomic mass is 9.79. The van der Waals surface area contributed by atoms with Crippen LogP contribution in [0.25, 0.3) is 0 Å². The van der Waals surface area contributed by atoms with Crippen molar-refractivity contribution in [3.63, 3.8) is 0 Å². The van der Waals surface area contributed by atoms with Crippen molar-refractivity contribution in [2.75, 3.05) is 6.61 Å². The third-order valence-electron chi connectivity index (χ3n) is 5.27. The van der Waals surface area contributed by atoms with Crippen molar-refractivity contribution >= 4 is 11.9 Å². The highest BCUT2D eigenvalue weighted by molar-refractivity contribution is 5.82. The first-order valence-corrected chi connectivity index (χ1v) is 10.1. The van der Waals surface area contributed by atoms with E-state index in [1.54, 1.807) is 0 Å². The van der Waals surface area contributed by atoms with Gasteiger partial charge in [0.1, 0.15) is 6.61 Å². The van der Waals surface area contributed by atoms with Crippen molar-refractivity contribution < 1.29 is 41.0 Å². The lowest BCUT2D eigenvalue weighted by Gasteiger charge is -2.28. The summed E-state index contributed by atoms with van der Waals surface area (Å²) >= 11 is 0. The normalized spacial score (nSPS) is 18.9. The molecule has 0 heterocycles. The largest absolute Gasteiger partial charge is 0.465 e. The highest BCUT2D eigenvalue weighted by Gasteiger charge is 2.38. The molecule has 1 aromatic rings. The molecule has 0 amide bonds. The molecule has 0 radical (unpaired) electrons. The Morgan fingerprint density at radius 3 is 1.80 bits per heavy atom. The molecule has 1 aliphatic rings. The Kier molecular flexibility index (Phi) is 9.05. The minimum Gasteiger partial charge on any atom is -0.465 e. The van der Waals surface area contributed by atoms with Gasteiger partial charge in [-0.15, -0.1) is 0 Å². The first kappa shape index (κ1) is 24.1. The molecule has 30 heavy (non-hydrogen) atoms. The average Bonchev–Trinajstić information content (AvgIpc) is 2.75. The summed E-state index contributed by atoms with van der Waals surface area (Å²) in [7, 11) is 0. The van der Waals surface area contributed by atoms with Crippen LogP contribution in [-0.2, 0) is 25.7 Å². The van der Waals surface area contributed by atoms with Gasteiger partial charge in [0.15, 0.2) is 23.3 Å². The summed E-state index contributed by atoms with van der Waals surface area (Å²) in [6, 6.07) is 0. The molecule has 1 aromatic carbocycles. The van der Waals surface area contributed by atoms with E-state index in [1.807, 2.05) is 0 Å². The summed E-state index contributed by atoms with van der Waals surface area (Å²) in [6.45, 7) is 1.16. The molecule has 1 fully saturated rings. The maximum atomic E-state index is 13.7. The van der Waals surface area contributed by atoms with Crippen LogP contribution in [0.1, 0.15) is 63.9 Å². The van der Waals surface area contributed by atoms with E-state index >= 15 is 0 Å². The van der Waals surface area contributed by atoms with Crippen molar-refractivity contribution in [1.82, 2.24) is 0 Å². The van der Waals surface area contributed by atoms with E-state index < -0.39 is 65.0 Å². The van der Waals surface area contributed by atoms with Gasteiger partial charge in [0.25, 0.3) is 0 Å². The van der Waals surface area contributed by atoms with Gasteiger partial charge in [-0.3, -0.25) is 9.59 Å². The predicted molar refractivity (Wildman–Crippen MR) is 96.6 cm³/mol. The minimum atomic E-state index is -2.28. The fraction of sp³-hybridized carbons (Fsp3) is 0.619. The predicted octanol–water partition coefficient (Wildman–Crippen LogP) is 5.36. The minimum absolute atomic E-state index is 0.238. The van der Waals surface area contributed by atoms with Crippen LogP contribution in [0, 0.1) is 40.9 Å². The second-order valence-electron chi connectivity index (χ2n) is 7.38. The Morgan fingerprint density at radius 1 is 0.767 bits per heavy atom. The van der Waals surface area contributed by atoms with Crippen molar-refractivity contribution in [1.29, 1.82) is 0 Å². The quantitative estimate of drug-likeness (QED) is 0.172. The van der Waals surface area contributed by atoms with E-state index in [9.17, 15) is 31.5 Å². The number of carbonyl (C=O) groups is 2. The molecular formula is C21H25F5O4. The van der Waals surface area contributed by atoms with Crippen molar-refractivity contribution in [3.05, 3.63) is 34.6 Å². The van der Waals surface area contributed by atoms with E-state index in [0.717, 1.165) is 19.3 Å². The Balaban J connectivity index is 2.00. The molecule has 2 unspecified atom stereocenters. The van der Waals surface area contributed by atoms with Gasteiger partial charge in [-0.1, -0.05) is 39.0 Å². The number of hydrogen-bond acceptors (Lipinski definition) is 4. The summed E-state index contributed by atoms with van der Waals surface area (Å²) in [6.07, 6.45) is 5.74. The van der Waals surface area contributed by atoms with Crippen molar-refractivity contribution in [2.24, 2.45) is 11.8 Å². The Bertz CT molecular complexity index is 739. The molecule has 1 aliphatic carbocycles. The number of halogens is 5. The van der Waals surface area contributed by atoms with Crippen LogP contribution in [0.4, 0.5) is 22.0 Å². The average molecular weight is 436 g/mol. The van der Waals surface area contributed by atoms with Crippen LogP contribution in [0.5, 0.6) is 0 Å². The molecule has 0 aliphatic heterocycles. The fourth-order valence-electron chi connectivity index (χ4n) is 3.53. The molecule has 1 saturated carbocycles. The zero-order valence-electron chi connectivity index (χ0n) is 16.7. The molecule has 2 rings (SSSR count). The first-order chi connectivity index (χ1) is 14.3. The smallest absolute Gasteiger partial charge is 0.310 e. The number of rotatable bonds is 9. The Labute approximate surface area is 171 Å². The molecule has 0 saturated heterocycles. The zero-order valence-corrected chi connectivity index (χ0v) is 16.7. The van der Waals surface area contributed by atoms with Crippen LogP contribution in [0.2, 0.25) is 0 Å². The summed E-state index contributed by atoms with van der Waals surface area (Å²) in [5.74, 6) is -13.7. The summed E-state index contributed by atoms with van der Waals surface area (Å²) < 4.78 is 77.2. The summed E-state index contributed by atoms with van der Waals surface area (Å²) in [5, 5.41) is 0. The van der Waals surface area contributed by atoms with E-state index in [1.165, 1.54) is 0 Å². The van der Waals surface area contributed by atoms with Gasteiger partial charge in [0, 0.05) is 0 Å². The van der Waals surface area contributed by atoms with Crippen molar-refractivity contribution in [2.45, 2.75) is 64.9 Å². The zero-order chi connectivity index (χ0) is 22.3. The molecule has 4 nitrogen and oxygen atoms in total. The van der Waals surface area contributed by atoms with Gasteiger partial charge in [0.05, 0.1) is 24.0 Å². The van der Waals surface area contributed by atoms with E-state index in [-0.39, 0.29) is 6.61 Å². The lowest BCUT2D eigenvalue weighted by Crippen LogP contribution is -2.35. The second-order valence-corrected chi connectivity index (χ2v) is 7.38. The van der Waals surface area contributed by atoms with Gasteiger partial charge in [-0.25, -0.2) is 22.0 Å². The molecule has 9 heteroatoms. The molecular weight excluding hydrogens is 411 g/mol. The molecule has 0 spiro atoms. The SMILES string of the molecule is CCCCCCOC(=O)C1CCCCC1C(=O)OCc1c(F)c(F)c(F)c(F)c1F. The topological polar surface area (TPSA) is 52.6 Å². The van der Waals surface area contributed by atoms with Gasteiger partial charge in [-0.05, 0) is 19.3 Å². The number of ether oxygens (including phenoxy) is 2. The maximum absolute atomic E-state index is 13.7. The van der Waals surface area contributed by atoms with E-state index in [0.29, 0.717) is 32.1 Å². The highest BCUT2D eigenvalue weighted by atomic mass is 19.2. The first-order valence-electron chi connectivity index (χ1n) is 10.1. The standard InChI is InChI=1S/C21H25F5O4/c1-2-3-4-7-10-29-20(27)12-8-5-6-9-13(12)21(28)30-11-14-15(22)17(24)19(26)18(25)16(14)23/h12-13H,2-11H2,1H3. The summed E-state index contributed by atoms with van der Waals surface area (Å²) in [5.41, 5.74) is -1.23. The van der Waals surface area contributed by atoms with Gasteiger partial charge < -0.3 is 9.47 Å². The fourth-order valence-corrected chi connectivity index (χ4v) is 3.53. The van der Waals surface area contributed by atoms with Crippen LogP contribution >= 0.6 is 0 Å². The maximum Gasteiger partial charge on any atom is 0.310 e. The molecule has 2 atom stereocenters. The molecule has 0 bridgehead atoms. The number of esters is 2. The number of benzene rings is 1.